The molecular weight excluding hydrogens is 208 g/mol. The molecule has 1 aliphatic rings. The molecule has 0 radical (unpaired) electrons. The monoisotopic (exact) mass is 228 g/mol. The topological polar surface area (TPSA) is 62.1 Å². The zero-order chi connectivity index (χ0) is 12.3. The number of β-amino-alcohol motifs (C(OH)–C–C–N with tert-alkyl or cyclic N) is 1. The van der Waals surface area contributed by atoms with Crippen LogP contribution in [0.15, 0.2) is 4.99 Å². The van der Waals surface area contributed by atoms with Gasteiger partial charge >= 0.3 is 6.09 Å². The van der Waals surface area contributed by atoms with Crippen molar-refractivity contribution < 1.29 is 14.6 Å². The van der Waals surface area contributed by atoms with Crippen LogP contribution in [0.1, 0.15) is 27.2 Å². The molecule has 1 fully saturated rings. The van der Waals surface area contributed by atoms with Gasteiger partial charge in [0.15, 0.2) is 0 Å². The Hall–Kier alpha value is -1.10. The first-order valence-electron chi connectivity index (χ1n) is 5.45. The molecule has 1 rings (SSSR count). The molecular formula is C11H20N2O3. The normalized spacial score (nSPS) is 26.4. The first kappa shape index (κ1) is 13.0. The summed E-state index contributed by atoms with van der Waals surface area (Å²) in [5.74, 6) is 0. The molecule has 5 nitrogen and oxygen atoms in total. The van der Waals surface area contributed by atoms with E-state index >= 15 is 0 Å². The first-order valence-corrected chi connectivity index (χ1v) is 5.45. The second kappa shape index (κ2) is 4.82. The zero-order valence-electron chi connectivity index (χ0n) is 10.1. The summed E-state index contributed by atoms with van der Waals surface area (Å²) in [6.07, 6.45) is -0.392. The summed E-state index contributed by atoms with van der Waals surface area (Å²) in [6.45, 7) is 9.69. The third-order valence-corrected chi connectivity index (χ3v) is 2.43. The maximum Gasteiger partial charge on any atom is 0.410 e. The molecule has 1 heterocycles. The molecule has 5 heteroatoms. The van der Waals surface area contributed by atoms with Crippen molar-refractivity contribution in [1.29, 1.82) is 0 Å². The van der Waals surface area contributed by atoms with E-state index in [0.29, 0.717) is 13.0 Å². The number of aliphatic hydroxyl groups is 1. The number of hydrogen-bond acceptors (Lipinski definition) is 4. The van der Waals surface area contributed by atoms with Crippen LogP contribution in [-0.2, 0) is 4.74 Å². The molecule has 0 saturated carbocycles. The van der Waals surface area contributed by atoms with Crippen LogP contribution >= 0.6 is 0 Å². The number of nitrogens with zero attached hydrogens (tertiary/aromatic N) is 2. The number of likely N-dealkylation sites (tertiary alicyclic amines) is 1. The molecule has 92 valence electrons. The summed E-state index contributed by atoms with van der Waals surface area (Å²) in [6, 6.07) is -0.168. The molecule has 1 saturated heterocycles. The summed E-state index contributed by atoms with van der Waals surface area (Å²) in [7, 11) is 0. The van der Waals surface area contributed by atoms with Crippen LogP contribution in [0.5, 0.6) is 0 Å². The zero-order valence-corrected chi connectivity index (χ0v) is 10.1. The molecule has 2 atom stereocenters. The minimum Gasteiger partial charge on any atom is -0.444 e. The Morgan fingerprint density at radius 1 is 1.56 bits per heavy atom. The average Bonchev–Trinajstić information content (AvgIpc) is 2.15. The SMILES string of the molecule is C=N[C@H]1CCN(C(=O)OC(C)(C)C)C[C@@H]1O. The second-order valence-corrected chi connectivity index (χ2v) is 5.03. The van der Waals surface area contributed by atoms with E-state index in [-0.39, 0.29) is 18.7 Å². The van der Waals surface area contributed by atoms with Gasteiger partial charge in [0.2, 0.25) is 0 Å². The average molecular weight is 228 g/mol. The highest BCUT2D eigenvalue weighted by atomic mass is 16.6. The second-order valence-electron chi connectivity index (χ2n) is 5.03. The van der Waals surface area contributed by atoms with Gasteiger partial charge in [-0.1, -0.05) is 0 Å². The Kier molecular flexibility index (Phi) is 3.91. The van der Waals surface area contributed by atoms with Gasteiger partial charge < -0.3 is 14.7 Å². The summed E-state index contributed by atoms with van der Waals surface area (Å²) in [5.41, 5.74) is -0.504. The lowest BCUT2D eigenvalue weighted by Gasteiger charge is -2.34. The molecule has 0 unspecified atom stereocenters. The molecule has 0 spiro atoms. The Morgan fingerprint density at radius 3 is 2.62 bits per heavy atom. The fraction of sp³-hybridized carbons (Fsp3) is 0.818. The molecule has 0 aromatic carbocycles. The lowest BCUT2D eigenvalue weighted by atomic mass is 10.0. The Bertz CT molecular complexity index is 273. The van der Waals surface area contributed by atoms with E-state index in [1.54, 1.807) is 0 Å². The van der Waals surface area contributed by atoms with Crippen molar-refractivity contribution in [3.63, 3.8) is 0 Å². The maximum atomic E-state index is 11.7. The van der Waals surface area contributed by atoms with Crippen molar-refractivity contribution in [2.45, 2.75) is 44.9 Å². The Labute approximate surface area is 96.1 Å². The molecule has 0 aliphatic carbocycles. The van der Waals surface area contributed by atoms with Crippen LogP contribution < -0.4 is 0 Å². The Balaban J connectivity index is 2.51. The van der Waals surface area contributed by atoms with Crippen LogP contribution in [-0.4, -0.2) is 53.7 Å². The minimum absolute atomic E-state index is 0.168. The van der Waals surface area contributed by atoms with Gasteiger partial charge in [-0.25, -0.2) is 4.79 Å². The van der Waals surface area contributed by atoms with Crippen LogP contribution in [0, 0.1) is 0 Å². The predicted octanol–water partition coefficient (Wildman–Crippen LogP) is 1.06. The number of aliphatic hydroxyl groups excluding tert-OH is 1. The highest BCUT2D eigenvalue weighted by molar-refractivity contribution is 5.68. The number of ether oxygens (including phenoxy) is 1. The summed E-state index contributed by atoms with van der Waals surface area (Å²) >= 11 is 0. The molecule has 16 heavy (non-hydrogen) atoms. The molecule has 0 bridgehead atoms. The number of rotatable bonds is 1. The van der Waals surface area contributed by atoms with Gasteiger partial charge in [-0.05, 0) is 33.9 Å². The van der Waals surface area contributed by atoms with E-state index in [9.17, 15) is 9.90 Å². The third kappa shape index (κ3) is 3.48. The van der Waals surface area contributed by atoms with Gasteiger partial charge in [0.05, 0.1) is 18.7 Å². The van der Waals surface area contributed by atoms with Gasteiger partial charge in [0.25, 0.3) is 0 Å². The van der Waals surface area contributed by atoms with E-state index in [0.717, 1.165) is 0 Å². The highest BCUT2D eigenvalue weighted by Crippen LogP contribution is 2.17. The van der Waals surface area contributed by atoms with Gasteiger partial charge in [0, 0.05) is 6.54 Å². The van der Waals surface area contributed by atoms with E-state index in [1.807, 2.05) is 20.8 Å². The van der Waals surface area contributed by atoms with E-state index in [4.69, 9.17) is 4.74 Å². The number of carbonyl (C=O) groups excluding carboxylic acids is 1. The lowest BCUT2D eigenvalue weighted by molar-refractivity contribution is -0.000299. The molecule has 1 amide bonds. The minimum atomic E-state index is -0.640. The van der Waals surface area contributed by atoms with E-state index in [1.165, 1.54) is 4.90 Å². The van der Waals surface area contributed by atoms with Crippen molar-refractivity contribution in [2.24, 2.45) is 4.99 Å². The van der Waals surface area contributed by atoms with Crippen molar-refractivity contribution in [3.05, 3.63) is 0 Å². The maximum absolute atomic E-state index is 11.7. The number of aliphatic imine (C=N–C) groups is 1. The number of amides is 1. The summed E-state index contributed by atoms with van der Waals surface area (Å²) in [5, 5.41) is 9.70. The van der Waals surface area contributed by atoms with Crippen molar-refractivity contribution in [1.82, 2.24) is 4.90 Å². The number of carbonyl (C=O) groups is 1. The van der Waals surface area contributed by atoms with Crippen LogP contribution in [0.3, 0.4) is 0 Å². The standard InChI is InChI=1S/C11H20N2O3/c1-11(2,3)16-10(15)13-6-5-8(12-4)9(14)7-13/h8-9,14H,4-7H2,1-3H3/t8-,9-/m0/s1. The quantitative estimate of drug-likeness (QED) is 0.682. The largest absolute Gasteiger partial charge is 0.444 e. The smallest absolute Gasteiger partial charge is 0.410 e. The van der Waals surface area contributed by atoms with Crippen LogP contribution in [0.2, 0.25) is 0 Å². The molecule has 1 N–H and O–H groups in total. The predicted molar refractivity (Wildman–Crippen MR) is 61.8 cm³/mol. The van der Waals surface area contributed by atoms with Crippen molar-refractivity contribution >= 4 is 12.8 Å². The summed E-state index contributed by atoms with van der Waals surface area (Å²) in [4.78, 5) is 17.0. The third-order valence-electron chi connectivity index (χ3n) is 2.43. The molecule has 0 aromatic rings. The highest BCUT2D eigenvalue weighted by Gasteiger charge is 2.31. The molecule has 0 aromatic heterocycles. The van der Waals surface area contributed by atoms with Gasteiger partial charge in [0.1, 0.15) is 5.60 Å². The number of piperidine rings is 1. The van der Waals surface area contributed by atoms with Crippen molar-refractivity contribution in [3.8, 4) is 0 Å². The van der Waals surface area contributed by atoms with Gasteiger partial charge in [-0.3, -0.25) is 4.99 Å². The van der Waals surface area contributed by atoms with Crippen LogP contribution in [0.25, 0.3) is 0 Å². The number of hydrogen-bond donors (Lipinski definition) is 1. The van der Waals surface area contributed by atoms with Crippen molar-refractivity contribution in [2.75, 3.05) is 13.1 Å². The first-order chi connectivity index (χ1) is 7.33. The molecule has 1 aliphatic heterocycles. The Morgan fingerprint density at radius 2 is 2.19 bits per heavy atom. The van der Waals surface area contributed by atoms with Crippen LogP contribution in [0.4, 0.5) is 4.79 Å². The van der Waals surface area contributed by atoms with Gasteiger partial charge in [-0.15, -0.1) is 0 Å². The fourth-order valence-corrected chi connectivity index (χ4v) is 1.62. The summed E-state index contributed by atoms with van der Waals surface area (Å²) < 4.78 is 5.22. The van der Waals surface area contributed by atoms with Gasteiger partial charge in [-0.2, -0.15) is 0 Å². The fourth-order valence-electron chi connectivity index (χ4n) is 1.62. The van der Waals surface area contributed by atoms with E-state index < -0.39 is 11.7 Å². The van der Waals surface area contributed by atoms with E-state index in [2.05, 4.69) is 11.7 Å². The lowest BCUT2D eigenvalue weighted by Crippen LogP contribution is -2.49.